The predicted octanol–water partition coefficient (Wildman–Crippen LogP) is 2.31. The molecule has 1 saturated carbocycles. The second-order valence-electron chi connectivity index (χ2n) is 6.24. The molecule has 0 spiro atoms. The molecule has 0 aromatic carbocycles. The summed E-state index contributed by atoms with van der Waals surface area (Å²) in [6.45, 7) is 6.61. The first-order chi connectivity index (χ1) is 10.6. The van der Waals surface area contributed by atoms with E-state index in [-0.39, 0.29) is 11.9 Å². The lowest BCUT2D eigenvalue weighted by atomic mass is 9.95. The van der Waals surface area contributed by atoms with E-state index in [4.69, 9.17) is 0 Å². The van der Waals surface area contributed by atoms with Gasteiger partial charge in [-0.15, -0.1) is 0 Å². The first kappa shape index (κ1) is 17.4. The van der Waals surface area contributed by atoms with Gasteiger partial charge in [0.25, 0.3) is 0 Å². The van der Waals surface area contributed by atoms with Crippen LogP contribution in [0.15, 0.2) is 0 Å². The van der Waals surface area contributed by atoms with Crippen molar-refractivity contribution in [2.75, 3.05) is 31.9 Å². The second-order valence-corrected chi connectivity index (χ2v) is 7.81. The summed E-state index contributed by atoms with van der Waals surface area (Å²) in [5.41, 5.74) is 0. The van der Waals surface area contributed by atoms with Crippen molar-refractivity contribution in [1.29, 1.82) is 0 Å². The zero-order chi connectivity index (χ0) is 15.9. The van der Waals surface area contributed by atoms with E-state index >= 15 is 0 Å². The molecule has 1 aliphatic heterocycles. The van der Waals surface area contributed by atoms with E-state index in [9.17, 15) is 9.59 Å². The van der Waals surface area contributed by atoms with E-state index in [1.807, 2.05) is 21.6 Å². The Morgan fingerprint density at radius 2 is 1.82 bits per heavy atom. The van der Waals surface area contributed by atoms with Crippen LogP contribution in [0.1, 0.15) is 46.0 Å². The number of carbonyl (C=O) groups is 2. The monoisotopic (exact) mass is 327 g/mol. The molecule has 0 radical (unpaired) electrons. The molecule has 0 unspecified atom stereocenters. The molecule has 2 atom stereocenters. The molecule has 2 rings (SSSR count). The minimum Gasteiger partial charge on any atom is -0.341 e. The van der Waals surface area contributed by atoms with Crippen molar-refractivity contribution in [3.05, 3.63) is 0 Å². The maximum absolute atomic E-state index is 12.5. The third-order valence-electron chi connectivity index (χ3n) is 4.58. The highest BCUT2D eigenvalue weighted by atomic mass is 32.2. The average Bonchev–Trinajstić information content (AvgIpc) is 2.74. The number of nitrogens with one attached hydrogen (secondary N) is 1. The predicted molar refractivity (Wildman–Crippen MR) is 91.2 cm³/mol. The Morgan fingerprint density at radius 3 is 2.55 bits per heavy atom. The molecule has 3 amide bonds. The number of nitrogens with zero attached hydrogens (tertiary/aromatic N) is 2. The van der Waals surface area contributed by atoms with Crippen LogP contribution in [-0.2, 0) is 4.79 Å². The minimum absolute atomic E-state index is 0.0533. The molecule has 1 N–H and O–H groups in total. The fourth-order valence-corrected chi connectivity index (χ4v) is 4.54. The molecule has 1 heterocycles. The van der Waals surface area contributed by atoms with Gasteiger partial charge in [0.1, 0.15) is 0 Å². The van der Waals surface area contributed by atoms with Crippen molar-refractivity contribution in [2.45, 2.75) is 57.2 Å². The quantitative estimate of drug-likeness (QED) is 0.865. The first-order valence-electron chi connectivity index (χ1n) is 8.52. The number of hydrogen-bond donors (Lipinski definition) is 1. The molecule has 0 aromatic heterocycles. The summed E-state index contributed by atoms with van der Waals surface area (Å²) in [5.74, 6) is 1.26. The van der Waals surface area contributed by atoms with Crippen molar-refractivity contribution in [3.8, 4) is 0 Å². The van der Waals surface area contributed by atoms with Crippen molar-refractivity contribution >= 4 is 23.7 Å². The van der Waals surface area contributed by atoms with Gasteiger partial charge >= 0.3 is 6.03 Å². The zero-order valence-electron chi connectivity index (χ0n) is 13.8. The first-order valence-corrected chi connectivity index (χ1v) is 9.57. The Morgan fingerprint density at radius 1 is 1.09 bits per heavy atom. The molecule has 1 saturated heterocycles. The van der Waals surface area contributed by atoms with Gasteiger partial charge < -0.3 is 15.1 Å². The molecule has 1 aliphatic carbocycles. The largest absolute Gasteiger partial charge is 0.341 e. The highest BCUT2D eigenvalue weighted by molar-refractivity contribution is 7.99. The number of rotatable bonds is 3. The van der Waals surface area contributed by atoms with E-state index in [1.165, 1.54) is 12.8 Å². The molecule has 126 valence electrons. The molecule has 2 aliphatic rings. The van der Waals surface area contributed by atoms with Gasteiger partial charge in [-0.05, 0) is 31.4 Å². The van der Waals surface area contributed by atoms with Gasteiger partial charge in [-0.25, -0.2) is 4.79 Å². The van der Waals surface area contributed by atoms with Crippen LogP contribution in [0, 0.1) is 0 Å². The van der Waals surface area contributed by atoms with Crippen LogP contribution in [0.25, 0.3) is 0 Å². The Labute approximate surface area is 138 Å². The zero-order valence-corrected chi connectivity index (χ0v) is 14.7. The lowest BCUT2D eigenvalue weighted by Crippen LogP contribution is -2.47. The van der Waals surface area contributed by atoms with E-state index < -0.39 is 0 Å². The summed E-state index contributed by atoms with van der Waals surface area (Å²) in [5, 5.41) is 3.91. The van der Waals surface area contributed by atoms with Crippen molar-refractivity contribution < 1.29 is 9.59 Å². The summed E-state index contributed by atoms with van der Waals surface area (Å²) in [4.78, 5) is 27.6. The fraction of sp³-hybridized carbons (Fsp3) is 0.875. The molecule has 2 fully saturated rings. The summed E-state index contributed by atoms with van der Waals surface area (Å²) >= 11 is 2.02. The highest BCUT2D eigenvalue weighted by Crippen LogP contribution is 2.28. The van der Waals surface area contributed by atoms with Gasteiger partial charge in [0.05, 0.1) is 0 Å². The summed E-state index contributed by atoms with van der Waals surface area (Å²) in [7, 11) is 0. The van der Waals surface area contributed by atoms with Gasteiger partial charge in [-0.1, -0.05) is 13.3 Å². The van der Waals surface area contributed by atoms with Crippen LogP contribution in [0.4, 0.5) is 4.79 Å². The van der Waals surface area contributed by atoms with Crippen molar-refractivity contribution in [3.63, 3.8) is 0 Å². The van der Waals surface area contributed by atoms with Crippen LogP contribution in [-0.4, -0.2) is 65.0 Å². The van der Waals surface area contributed by atoms with Crippen LogP contribution in [0.2, 0.25) is 0 Å². The van der Waals surface area contributed by atoms with Gasteiger partial charge in [0, 0.05) is 44.4 Å². The van der Waals surface area contributed by atoms with Crippen LogP contribution in [0.3, 0.4) is 0 Å². The van der Waals surface area contributed by atoms with E-state index in [1.54, 1.807) is 6.92 Å². The van der Waals surface area contributed by atoms with E-state index in [2.05, 4.69) is 12.2 Å². The molecule has 6 heteroatoms. The number of amides is 3. The topological polar surface area (TPSA) is 52.7 Å². The standard InChI is InChI=1S/C16H29N3O2S/c1-3-22-15-7-4-6-14(12-15)17-16(21)19-9-5-8-18(10-11-19)13(2)20/h14-15H,3-12H2,1-2H3,(H,17,21)/t14-,15+/m1/s1. The molecular weight excluding hydrogens is 298 g/mol. The maximum atomic E-state index is 12.5. The molecule has 0 aromatic rings. The fourth-order valence-electron chi connectivity index (χ4n) is 3.36. The Kier molecular flexibility index (Phi) is 6.86. The Bertz CT molecular complexity index is 390. The Hall–Kier alpha value is -0.910. The van der Waals surface area contributed by atoms with Crippen molar-refractivity contribution in [2.24, 2.45) is 0 Å². The number of thioether (sulfide) groups is 1. The smallest absolute Gasteiger partial charge is 0.317 e. The summed E-state index contributed by atoms with van der Waals surface area (Å²) < 4.78 is 0. The van der Waals surface area contributed by atoms with E-state index in [0.717, 1.165) is 38.1 Å². The number of carbonyl (C=O) groups excluding carboxylic acids is 2. The molecule has 5 nitrogen and oxygen atoms in total. The number of urea groups is 1. The molecular formula is C16H29N3O2S. The lowest BCUT2D eigenvalue weighted by Gasteiger charge is -2.31. The SMILES string of the molecule is CCS[C@H]1CCC[C@@H](NC(=O)N2CCCN(C(C)=O)CC2)C1. The molecule has 22 heavy (non-hydrogen) atoms. The maximum Gasteiger partial charge on any atom is 0.317 e. The third kappa shape index (κ3) is 5.07. The highest BCUT2D eigenvalue weighted by Gasteiger charge is 2.26. The van der Waals surface area contributed by atoms with Gasteiger partial charge in [-0.3, -0.25) is 4.79 Å². The van der Waals surface area contributed by atoms with Crippen LogP contribution < -0.4 is 5.32 Å². The van der Waals surface area contributed by atoms with E-state index in [0.29, 0.717) is 24.4 Å². The van der Waals surface area contributed by atoms with Gasteiger partial charge in [0.15, 0.2) is 0 Å². The average molecular weight is 327 g/mol. The second kappa shape index (κ2) is 8.65. The van der Waals surface area contributed by atoms with Crippen molar-refractivity contribution in [1.82, 2.24) is 15.1 Å². The molecule has 0 bridgehead atoms. The van der Waals surface area contributed by atoms with Crippen LogP contribution in [0.5, 0.6) is 0 Å². The third-order valence-corrected chi connectivity index (χ3v) is 5.82. The summed E-state index contributed by atoms with van der Waals surface area (Å²) in [6, 6.07) is 0.370. The van der Waals surface area contributed by atoms with Gasteiger partial charge in [-0.2, -0.15) is 11.8 Å². The number of hydrogen-bond acceptors (Lipinski definition) is 3. The normalized spacial score (nSPS) is 26.5. The minimum atomic E-state index is 0.0533. The van der Waals surface area contributed by atoms with Gasteiger partial charge in [0.2, 0.25) is 5.91 Å². The van der Waals surface area contributed by atoms with Crippen LogP contribution >= 0.6 is 11.8 Å². The summed E-state index contributed by atoms with van der Waals surface area (Å²) in [6.07, 6.45) is 5.55. The lowest BCUT2D eigenvalue weighted by molar-refractivity contribution is -0.128. The Balaban J connectivity index is 1.80.